The first kappa shape index (κ1) is 16.2. The molecule has 0 aromatic carbocycles. The van der Waals surface area contributed by atoms with E-state index in [0.29, 0.717) is 13.2 Å². The molecular formula is C15H21N3O4S. The van der Waals surface area contributed by atoms with Crippen molar-refractivity contribution in [2.45, 2.75) is 37.4 Å². The third-order valence-electron chi connectivity index (χ3n) is 4.15. The summed E-state index contributed by atoms with van der Waals surface area (Å²) in [5.41, 5.74) is 0. The van der Waals surface area contributed by atoms with E-state index in [2.05, 4.69) is 9.71 Å². The topological polar surface area (TPSA) is 86.4 Å². The highest BCUT2D eigenvalue weighted by atomic mass is 32.2. The van der Waals surface area contributed by atoms with Gasteiger partial charge in [-0.25, -0.2) is 13.4 Å². The van der Waals surface area contributed by atoms with E-state index >= 15 is 0 Å². The molecule has 1 aliphatic rings. The minimum atomic E-state index is -3.73. The Morgan fingerprint density at radius 2 is 2.22 bits per heavy atom. The van der Waals surface area contributed by atoms with Crippen LogP contribution in [0.1, 0.15) is 31.6 Å². The predicted molar refractivity (Wildman–Crippen MR) is 83.2 cm³/mol. The second kappa shape index (κ2) is 6.86. The minimum absolute atomic E-state index is 0.0795. The second-order valence-corrected chi connectivity index (χ2v) is 7.20. The average Bonchev–Trinajstić information content (AvgIpc) is 3.25. The van der Waals surface area contributed by atoms with Gasteiger partial charge in [0, 0.05) is 32.2 Å². The van der Waals surface area contributed by atoms with Gasteiger partial charge in [0.1, 0.15) is 5.82 Å². The van der Waals surface area contributed by atoms with Crippen LogP contribution in [0.15, 0.2) is 40.3 Å². The third kappa shape index (κ3) is 3.49. The van der Waals surface area contributed by atoms with Crippen LogP contribution in [0.25, 0.3) is 0 Å². The van der Waals surface area contributed by atoms with Crippen LogP contribution in [-0.2, 0) is 21.3 Å². The minimum Gasteiger partial charge on any atom is -0.452 e. The molecule has 1 N–H and O–H groups in total. The van der Waals surface area contributed by atoms with Crippen molar-refractivity contribution >= 4 is 10.0 Å². The maximum atomic E-state index is 12.6. The lowest BCUT2D eigenvalue weighted by Crippen LogP contribution is -2.37. The van der Waals surface area contributed by atoms with E-state index in [-0.39, 0.29) is 11.0 Å². The predicted octanol–water partition coefficient (Wildman–Crippen LogP) is 1.94. The number of rotatable bonds is 6. The molecule has 0 aliphatic carbocycles. The van der Waals surface area contributed by atoms with Gasteiger partial charge in [0.2, 0.25) is 5.09 Å². The summed E-state index contributed by atoms with van der Waals surface area (Å²) in [5.74, 6) is 0.871. The van der Waals surface area contributed by atoms with Crippen LogP contribution in [-0.4, -0.2) is 31.2 Å². The number of hydrogen-bond donors (Lipinski definition) is 1. The lowest BCUT2D eigenvalue weighted by molar-refractivity contribution is 0.0550. The first-order valence-electron chi connectivity index (χ1n) is 7.76. The number of imidazole rings is 1. The summed E-state index contributed by atoms with van der Waals surface area (Å²) < 4.78 is 40.3. The maximum Gasteiger partial charge on any atom is 0.274 e. The molecule has 8 heteroatoms. The van der Waals surface area contributed by atoms with E-state index in [1.165, 1.54) is 12.3 Å². The van der Waals surface area contributed by atoms with Crippen molar-refractivity contribution in [1.82, 2.24) is 14.3 Å². The molecule has 1 unspecified atom stereocenters. The second-order valence-electron chi connectivity index (χ2n) is 5.55. The molecule has 3 rings (SSSR count). The smallest absolute Gasteiger partial charge is 0.274 e. The summed E-state index contributed by atoms with van der Waals surface area (Å²) in [4.78, 5) is 4.39. The molecule has 1 aliphatic heterocycles. The van der Waals surface area contributed by atoms with Crippen molar-refractivity contribution in [2.24, 2.45) is 5.92 Å². The molecule has 0 saturated carbocycles. The largest absolute Gasteiger partial charge is 0.452 e. The highest BCUT2D eigenvalue weighted by Gasteiger charge is 2.33. The highest BCUT2D eigenvalue weighted by Crippen LogP contribution is 2.31. The summed E-state index contributed by atoms with van der Waals surface area (Å²) in [6.45, 7) is 4.01. The molecule has 1 saturated heterocycles. The van der Waals surface area contributed by atoms with E-state index in [1.54, 1.807) is 12.3 Å². The van der Waals surface area contributed by atoms with Gasteiger partial charge in [-0.15, -0.1) is 0 Å². The molecule has 2 aromatic rings. The molecule has 126 valence electrons. The van der Waals surface area contributed by atoms with Gasteiger partial charge in [0.05, 0.1) is 12.3 Å². The van der Waals surface area contributed by atoms with Gasteiger partial charge in [-0.3, -0.25) is 0 Å². The van der Waals surface area contributed by atoms with Gasteiger partial charge < -0.3 is 13.7 Å². The monoisotopic (exact) mass is 339 g/mol. The molecule has 2 aromatic heterocycles. The lowest BCUT2D eigenvalue weighted by atomic mass is 9.92. The van der Waals surface area contributed by atoms with Gasteiger partial charge in [-0.05, 0) is 37.8 Å². The Balaban J connectivity index is 1.92. The maximum absolute atomic E-state index is 12.6. The first-order chi connectivity index (χ1) is 11.1. The van der Waals surface area contributed by atoms with Crippen molar-refractivity contribution in [1.29, 1.82) is 0 Å². The molecule has 7 nitrogen and oxygen atoms in total. The van der Waals surface area contributed by atoms with Crippen LogP contribution in [0, 0.1) is 5.92 Å². The Kier molecular flexibility index (Phi) is 4.84. The molecule has 1 atom stereocenters. The normalized spacial score (nSPS) is 18.1. The number of ether oxygens (including phenoxy) is 1. The van der Waals surface area contributed by atoms with E-state index < -0.39 is 16.1 Å². The standard InChI is InChI=1S/C15H21N3O4S/c1-2-18-8-7-16-15(18)14(12-5-10-21-11-6-12)17-23(19,20)13-4-3-9-22-13/h3-4,7-9,12,14,17H,2,5-6,10-11H2,1H3. The third-order valence-corrected chi connectivity index (χ3v) is 5.47. The zero-order valence-corrected chi connectivity index (χ0v) is 13.8. The van der Waals surface area contributed by atoms with Crippen molar-refractivity contribution in [3.05, 3.63) is 36.6 Å². The summed E-state index contributed by atoms with van der Waals surface area (Å²) in [6.07, 6.45) is 6.50. The van der Waals surface area contributed by atoms with Crippen molar-refractivity contribution < 1.29 is 17.6 Å². The van der Waals surface area contributed by atoms with Gasteiger partial charge in [-0.2, -0.15) is 4.72 Å². The van der Waals surface area contributed by atoms with Gasteiger partial charge in [0.15, 0.2) is 0 Å². The van der Waals surface area contributed by atoms with Gasteiger partial charge >= 0.3 is 0 Å². The molecular weight excluding hydrogens is 318 g/mol. The number of sulfonamides is 1. The van der Waals surface area contributed by atoms with Gasteiger partial charge in [-0.1, -0.05) is 0 Å². The zero-order valence-electron chi connectivity index (χ0n) is 13.0. The van der Waals surface area contributed by atoms with Crippen molar-refractivity contribution in [3.63, 3.8) is 0 Å². The van der Waals surface area contributed by atoms with E-state index in [1.807, 2.05) is 17.7 Å². The van der Waals surface area contributed by atoms with Crippen molar-refractivity contribution in [2.75, 3.05) is 13.2 Å². The first-order valence-corrected chi connectivity index (χ1v) is 9.24. The fourth-order valence-corrected chi connectivity index (χ4v) is 4.11. The fourth-order valence-electron chi connectivity index (χ4n) is 2.92. The zero-order chi connectivity index (χ0) is 16.3. The van der Waals surface area contributed by atoms with Crippen LogP contribution in [0.3, 0.4) is 0 Å². The number of furan rings is 1. The quantitative estimate of drug-likeness (QED) is 0.869. The molecule has 0 radical (unpaired) electrons. The summed E-state index contributed by atoms with van der Waals surface area (Å²) in [6, 6.07) is 2.60. The van der Waals surface area contributed by atoms with Gasteiger partial charge in [0.25, 0.3) is 10.0 Å². The van der Waals surface area contributed by atoms with E-state index in [4.69, 9.17) is 9.15 Å². The summed E-state index contributed by atoms with van der Waals surface area (Å²) >= 11 is 0. The fraction of sp³-hybridized carbons (Fsp3) is 0.533. The number of hydrogen-bond acceptors (Lipinski definition) is 5. The number of nitrogens with zero attached hydrogens (tertiary/aromatic N) is 2. The van der Waals surface area contributed by atoms with Crippen LogP contribution in [0.4, 0.5) is 0 Å². The average molecular weight is 339 g/mol. The van der Waals surface area contributed by atoms with E-state index in [9.17, 15) is 8.42 Å². The van der Waals surface area contributed by atoms with Crippen LogP contribution in [0.2, 0.25) is 0 Å². The number of aromatic nitrogens is 2. The SMILES string of the molecule is CCn1ccnc1C(NS(=O)(=O)c1ccco1)C1CCOCC1. The van der Waals surface area contributed by atoms with Crippen LogP contribution >= 0.6 is 0 Å². The van der Waals surface area contributed by atoms with Crippen molar-refractivity contribution in [3.8, 4) is 0 Å². The van der Waals surface area contributed by atoms with Crippen LogP contribution in [0.5, 0.6) is 0 Å². The van der Waals surface area contributed by atoms with E-state index in [0.717, 1.165) is 25.2 Å². The Bertz CT molecular complexity index is 718. The Hall–Kier alpha value is -1.64. The number of aryl methyl sites for hydroxylation is 1. The Labute approximate surface area is 135 Å². The molecule has 23 heavy (non-hydrogen) atoms. The summed E-state index contributed by atoms with van der Waals surface area (Å²) in [5, 5.41) is -0.0795. The summed E-state index contributed by atoms with van der Waals surface area (Å²) in [7, 11) is -3.73. The Morgan fingerprint density at radius 3 is 2.87 bits per heavy atom. The molecule has 0 spiro atoms. The lowest BCUT2D eigenvalue weighted by Gasteiger charge is -2.30. The van der Waals surface area contributed by atoms with Crippen LogP contribution < -0.4 is 4.72 Å². The molecule has 0 amide bonds. The Morgan fingerprint density at radius 1 is 1.43 bits per heavy atom. The highest BCUT2D eigenvalue weighted by molar-refractivity contribution is 7.89. The molecule has 1 fully saturated rings. The molecule has 3 heterocycles. The number of nitrogens with one attached hydrogen (secondary N) is 1. The molecule has 0 bridgehead atoms.